The van der Waals surface area contributed by atoms with E-state index >= 15 is 0 Å². The van der Waals surface area contributed by atoms with Gasteiger partial charge in [-0.25, -0.2) is 19.6 Å². The number of aromatic amines is 2. The summed E-state index contributed by atoms with van der Waals surface area (Å²) in [6, 6.07) is 22.6. The second kappa shape index (κ2) is 9.87. The molecule has 0 unspecified atom stereocenters. The number of nitrogens with one attached hydrogen (secondary N) is 2. The van der Waals surface area contributed by atoms with Crippen LogP contribution in [0.2, 0.25) is 0 Å². The monoisotopic (exact) mass is 634 g/mol. The Bertz CT molecular complexity index is 2330. The molecule has 0 spiro atoms. The van der Waals surface area contributed by atoms with E-state index in [0.717, 1.165) is 76.6 Å². The number of carboxylic acid groups (broad SMARTS) is 2. The van der Waals surface area contributed by atoms with Crippen LogP contribution in [-0.4, -0.2) is 42.1 Å². The highest BCUT2D eigenvalue weighted by molar-refractivity contribution is 6.38. The lowest BCUT2D eigenvalue weighted by atomic mass is 9.80. The van der Waals surface area contributed by atoms with Gasteiger partial charge in [0, 0.05) is 43.4 Å². The number of fused-ring (bicyclic) bond motifs is 6. The first-order valence-corrected chi connectivity index (χ1v) is 16.0. The first kappa shape index (κ1) is 29.6. The molecule has 0 fully saturated rings. The number of hydrogen-bond donors (Lipinski definition) is 4. The molecule has 0 saturated heterocycles. The van der Waals surface area contributed by atoms with Gasteiger partial charge >= 0.3 is 11.9 Å². The molecule has 0 aliphatic rings. The molecule has 48 heavy (non-hydrogen) atoms. The molecule has 6 aromatic carbocycles. The van der Waals surface area contributed by atoms with Gasteiger partial charge in [0.2, 0.25) is 0 Å². The van der Waals surface area contributed by atoms with Crippen LogP contribution >= 0.6 is 0 Å². The van der Waals surface area contributed by atoms with Crippen molar-refractivity contribution in [2.24, 2.45) is 0 Å². The second-order valence-electron chi connectivity index (χ2n) is 14.8. The normalized spacial score (nSPS) is 12.7. The zero-order chi connectivity index (χ0) is 33.9. The standard InChI is InChI=1S/C40H34N4O4/c1-39(2,3)23-15-25-29-26(16-23)32-34(44-36(42-32)20-9-13-22(14-10-20)38(47)48)28-18-24(40(4,5)6)17-27(30(28)29)33-31(25)41-35(43-33)19-7-11-21(12-8-19)37(45)46/h7-18H,1-6H3,(H,41,43)(H,42,44)(H,45,46)(H,47,48). The molecule has 238 valence electrons. The van der Waals surface area contributed by atoms with Crippen molar-refractivity contribution >= 4 is 66.3 Å². The van der Waals surface area contributed by atoms with E-state index in [4.69, 9.17) is 9.97 Å². The summed E-state index contributed by atoms with van der Waals surface area (Å²) in [6.45, 7) is 13.2. The molecular weight excluding hydrogens is 600 g/mol. The third kappa shape index (κ3) is 4.43. The van der Waals surface area contributed by atoms with E-state index in [1.54, 1.807) is 48.5 Å². The Balaban J connectivity index is 1.53. The summed E-state index contributed by atoms with van der Waals surface area (Å²) >= 11 is 0. The van der Waals surface area contributed by atoms with Gasteiger partial charge in [0.15, 0.2) is 0 Å². The average molecular weight is 635 g/mol. The van der Waals surface area contributed by atoms with Gasteiger partial charge in [0.05, 0.1) is 33.2 Å². The van der Waals surface area contributed by atoms with Crippen molar-refractivity contribution in [3.63, 3.8) is 0 Å². The molecule has 0 amide bonds. The van der Waals surface area contributed by atoms with Crippen LogP contribution in [0.3, 0.4) is 0 Å². The quantitative estimate of drug-likeness (QED) is 0.143. The zero-order valence-electron chi connectivity index (χ0n) is 27.5. The largest absolute Gasteiger partial charge is 0.478 e. The molecule has 4 N–H and O–H groups in total. The highest BCUT2D eigenvalue weighted by Gasteiger charge is 2.27. The topological polar surface area (TPSA) is 132 Å². The van der Waals surface area contributed by atoms with Gasteiger partial charge in [-0.15, -0.1) is 0 Å². The summed E-state index contributed by atoms with van der Waals surface area (Å²) in [5.41, 5.74) is 7.58. The number of imidazole rings is 2. The summed E-state index contributed by atoms with van der Waals surface area (Å²) < 4.78 is 0. The fourth-order valence-electron chi connectivity index (χ4n) is 6.80. The Hall–Kier alpha value is -5.76. The summed E-state index contributed by atoms with van der Waals surface area (Å²) in [5.74, 6) is -0.597. The molecule has 0 saturated carbocycles. The van der Waals surface area contributed by atoms with E-state index in [-0.39, 0.29) is 22.0 Å². The number of nitrogens with zero attached hydrogens (tertiary/aromatic N) is 2. The number of rotatable bonds is 4. The Morgan fingerprint density at radius 2 is 0.875 bits per heavy atom. The fourth-order valence-corrected chi connectivity index (χ4v) is 6.80. The van der Waals surface area contributed by atoms with E-state index in [0.29, 0.717) is 11.6 Å². The van der Waals surface area contributed by atoms with Crippen LogP contribution in [0.15, 0.2) is 72.8 Å². The van der Waals surface area contributed by atoms with Gasteiger partial charge < -0.3 is 20.2 Å². The molecule has 8 heteroatoms. The minimum atomic E-state index is -0.969. The molecule has 0 aliphatic heterocycles. The van der Waals surface area contributed by atoms with E-state index < -0.39 is 11.9 Å². The van der Waals surface area contributed by atoms with E-state index in [9.17, 15) is 19.8 Å². The van der Waals surface area contributed by atoms with E-state index in [2.05, 4.69) is 75.8 Å². The number of aromatic carboxylic acids is 2. The number of hydrogen-bond acceptors (Lipinski definition) is 4. The smallest absolute Gasteiger partial charge is 0.335 e. The summed E-state index contributed by atoms with van der Waals surface area (Å²) in [5, 5.41) is 25.3. The van der Waals surface area contributed by atoms with E-state index in [1.165, 1.54) is 0 Å². The lowest BCUT2D eigenvalue weighted by Crippen LogP contribution is -2.12. The summed E-state index contributed by atoms with van der Waals surface area (Å²) in [6.07, 6.45) is 0. The third-order valence-electron chi connectivity index (χ3n) is 9.53. The minimum Gasteiger partial charge on any atom is -0.478 e. The molecule has 8 rings (SSSR count). The molecule has 2 heterocycles. The SMILES string of the molecule is CC(C)(C)c1cc2c3nc(-c4ccc(C(=O)O)cc4)[nH]c3c3cc(C(C)(C)C)cc4c5[nH]c(-c6ccc(C(=O)O)cc6)nc5c(c1)c2c34. The van der Waals surface area contributed by atoms with Crippen LogP contribution in [0.25, 0.3) is 77.2 Å². The molecule has 0 atom stereocenters. The zero-order valence-corrected chi connectivity index (χ0v) is 27.5. The maximum Gasteiger partial charge on any atom is 0.335 e. The lowest BCUT2D eigenvalue weighted by molar-refractivity contribution is 0.0686. The molecule has 2 aromatic heterocycles. The molecule has 0 aliphatic carbocycles. The molecule has 8 nitrogen and oxygen atoms in total. The summed E-state index contributed by atoms with van der Waals surface area (Å²) in [7, 11) is 0. The van der Waals surface area contributed by atoms with Gasteiger partial charge in [0.1, 0.15) is 11.6 Å². The Kier molecular flexibility index (Phi) is 6.09. The third-order valence-corrected chi connectivity index (χ3v) is 9.53. The van der Waals surface area contributed by atoms with Crippen LogP contribution in [0, 0.1) is 0 Å². The maximum atomic E-state index is 11.5. The minimum absolute atomic E-state index is 0.159. The van der Waals surface area contributed by atoms with Crippen LogP contribution in [0.1, 0.15) is 73.4 Å². The first-order chi connectivity index (χ1) is 22.7. The number of aromatic nitrogens is 4. The second-order valence-corrected chi connectivity index (χ2v) is 14.8. The predicted molar refractivity (Wildman–Crippen MR) is 192 cm³/mol. The highest BCUT2D eigenvalue weighted by Crippen LogP contribution is 2.47. The molecule has 8 aromatic rings. The number of benzene rings is 6. The first-order valence-electron chi connectivity index (χ1n) is 16.0. The Morgan fingerprint density at radius 1 is 0.542 bits per heavy atom. The van der Waals surface area contributed by atoms with Gasteiger partial charge in [-0.1, -0.05) is 65.8 Å². The van der Waals surface area contributed by atoms with Gasteiger partial charge in [-0.2, -0.15) is 0 Å². The van der Waals surface area contributed by atoms with Crippen molar-refractivity contribution in [2.75, 3.05) is 0 Å². The van der Waals surface area contributed by atoms with E-state index in [1.807, 2.05) is 0 Å². The summed E-state index contributed by atoms with van der Waals surface area (Å²) in [4.78, 5) is 40.7. The molecular formula is C40H34N4O4. The van der Waals surface area contributed by atoms with Gasteiger partial charge in [-0.05, 0) is 70.5 Å². The Labute approximate surface area is 275 Å². The average Bonchev–Trinajstić information content (AvgIpc) is 3.70. The van der Waals surface area contributed by atoms with Gasteiger partial charge in [-0.3, -0.25) is 0 Å². The number of carbonyl (C=O) groups is 2. The van der Waals surface area contributed by atoms with Crippen molar-refractivity contribution in [1.29, 1.82) is 0 Å². The van der Waals surface area contributed by atoms with Gasteiger partial charge in [0.25, 0.3) is 0 Å². The van der Waals surface area contributed by atoms with Crippen molar-refractivity contribution < 1.29 is 19.8 Å². The number of carboxylic acids is 2. The Morgan fingerprint density at radius 3 is 1.21 bits per heavy atom. The van der Waals surface area contributed by atoms with Crippen molar-refractivity contribution in [1.82, 2.24) is 19.9 Å². The van der Waals surface area contributed by atoms with Crippen LogP contribution in [-0.2, 0) is 10.8 Å². The van der Waals surface area contributed by atoms with Crippen LogP contribution < -0.4 is 0 Å². The molecule has 0 bridgehead atoms. The lowest BCUT2D eigenvalue weighted by Gasteiger charge is -2.24. The fraction of sp³-hybridized carbons (Fsp3) is 0.200. The molecule has 0 radical (unpaired) electrons. The van der Waals surface area contributed by atoms with Crippen LogP contribution in [0.5, 0.6) is 0 Å². The maximum absolute atomic E-state index is 11.5. The predicted octanol–water partition coefficient (Wildman–Crippen LogP) is 9.66. The van der Waals surface area contributed by atoms with Crippen LogP contribution in [0.4, 0.5) is 0 Å². The highest BCUT2D eigenvalue weighted by atomic mass is 16.4. The van der Waals surface area contributed by atoms with Crippen molar-refractivity contribution in [3.8, 4) is 22.8 Å². The van der Waals surface area contributed by atoms with Crippen molar-refractivity contribution in [3.05, 3.63) is 95.1 Å². The number of H-pyrrole nitrogens is 2. The van der Waals surface area contributed by atoms with Crippen molar-refractivity contribution in [2.45, 2.75) is 52.4 Å².